The maximum absolute atomic E-state index is 13.3. The summed E-state index contributed by atoms with van der Waals surface area (Å²) in [6, 6.07) is 0.234. The van der Waals surface area contributed by atoms with E-state index in [9.17, 15) is 8.42 Å². The van der Waals surface area contributed by atoms with E-state index >= 15 is 0 Å². The fourth-order valence-electron chi connectivity index (χ4n) is 6.18. The second kappa shape index (κ2) is 9.50. The van der Waals surface area contributed by atoms with E-state index in [1.807, 2.05) is 7.05 Å². The van der Waals surface area contributed by atoms with Gasteiger partial charge in [-0.15, -0.1) is 0 Å². The summed E-state index contributed by atoms with van der Waals surface area (Å²) in [5.74, 6) is 0.982. The highest BCUT2D eigenvalue weighted by molar-refractivity contribution is 7.90. The molecule has 7 atom stereocenters. The van der Waals surface area contributed by atoms with Crippen molar-refractivity contribution in [1.29, 1.82) is 0 Å². The topological polar surface area (TPSA) is 98.0 Å². The van der Waals surface area contributed by atoms with E-state index in [1.165, 1.54) is 6.42 Å². The highest BCUT2D eigenvalue weighted by Crippen LogP contribution is 2.34. The number of likely N-dealkylation sites (N-methyl/N-ethyl adjacent to an activating group) is 1. The number of methoxy groups -OCH3 is 1. The van der Waals surface area contributed by atoms with Gasteiger partial charge in [-0.2, -0.15) is 0 Å². The summed E-state index contributed by atoms with van der Waals surface area (Å²) in [7, 11) is 0.429. The van der Waals surface area contributed by atoms with Gasteiger partial charge in [-0.1, -0.05) is 13.3 Å². The van der Waals surface area contributed by atoms with Crippen LogP contribution in [0.15, 0.2) is 0 Å². The van der Waals surface area contributed by atoms with E-state index in [0.717, 1.165) is 45.2 Å². The van der Waals surface area contributed by atoms with Crippen molar-refractivity contribution >= 4 is 10.0 Å². The molecule has 10 heteroatoms. The third kappa shape index (κ3) is 4.82. The molecule has 4 N–H and O–H groups in total. The quantitative estimate of drug-likeness (QED) is 0.430. The van der Waals surface area contributed by atoms with Crippen molar-refractivity contribution in [3.05, 3.63) is 0 Å². The molecule has 3 aliphatic heterocycles. The lowest BCUT2D eigenvalue weighted by Crippen LogP contribution is -2.56. The van der Waals surface area contributed by atoms with Gasteiger partial charge in [0.05, 0.1) is 11.8 Å². The molecular formula is C21H42N6O3S. The maximum atomic E-state index is 13.3. The number of hydrazine groups is 2. The molecule has 3 saturated heterocycles. The lowest BCUT2D eigenvalue weighted by molar-refractivity contribution is -0.0717. The first-order valence-corrected chi connectivity index (χ1v) is 13.6. The summed E-state index contributed by atoms with van der Waals surface area (Å²) in [6.07, 6.45) is 6.31. The molecule has 0 aromatic rings. The number of piperidine rings is 1. The van der Waals surface area contributed by atoms with Crippen molar-refractivity contribution in [1.82, 2.24) is 30.9 Å². The molecule has 4 rings (SSSR count). The smallest absolute Gasteiger partial charge is 0.217 e. The summed E-state index contributed by atoms with van der Waals surface area (Å²) >= 11 is 0. The second-order valence-corrected chi connectivity index (χ2v) is 12.1. The molecular weight excluding hydrogens is 416 g/mol. The molecule has 4 aliphatic rings. The van der Waals surface area contributed by atoms with Crippen LogP contribution in [0.5, 0.6) is 0 Å². The third-order valence-electron chi connectivity index (χ3n) is 8.50. The number of ether oxygens (including phenoxy) is 1. The standard InChI is InChI=1S/C21H42N6O3S/c1-5-21(2,30-4)16-9-10-22-19(11-16)27-14-17(13-24-27)31(28,29)25-18-8-6-7-15-12-23-26(3)20(15)18/h15-20,22-25H,5-14H2,1-4H3/t15?,16?,17?,18?,19?,20?,21-/m0/s1. The molecule has 31 heavy (non-hydrogen) atoms. The normalized spacial score (nSPS) is 40.0. The van der Waals surface area contributed by atoms with Crippen molar-refractivity contribution in [2.45, 2.75) is 81.5 Å². The van der Waals surface area contributed by atoms with E-state index in [2.05, 4.69) is 44.8 Å². The van der Waals surface area contributed by atoms with Gasteiger partial charge in [0.1, 0.15) is 5.25 Å². The number of hydrogen-bond donors (Lipinski definition) is 4. The molecule has 3 heterocycles. The summed E-state index contributed by atoms with van der Waals surface area (Å²) in [5, 5.41) is 7.36. The van der Waals surface area contributed by atoms with Crippen molar-refractivity contribution in [2.24, 2.45) is 11.8 Å². The van der Waals surface area contributed by atoms with Crippen LogP contribution in [-0.2, 0) is 14.8 Å². The summed E-state index contributed by atoms with van der Waals surface area (Å²) < 4.78 is 35.5. The maximum Gasteiger partial charge on any atom is 0.217 e. The Hall–Kier alpha value is -0.330. The van der Waals surface area contributed by atoms with Crippen LogP contribution in [0.4, 0.5) is 0 Å². The molecule has 0 aromatic carbocycles. The highest BCUT2D eigenvalue weighted by atomic mass is 32.2. The third-order valence-corrected chi connectivity index (χ3v) is 10.3. The number of fused-ring (bicyclic) bond motifs is 1. The van der Waals surface area contributed by atoms with Crippen LogP contribution in [0, 0.1) is 11.8 Å². The molecule has 4 fully saturated rings. The molecule has 0 amide bonds. The molecule has 1 aliphatic carbocycles. The first-order valence-electron chi connectivity index (χ1n) is 12.0. The number of nitrogens with zero attached hydrogens (tertiary/aromatic N) is 2. The summed E-state index contributed by atoms with van der Waals surface area (Å²) in [4.78, 5) is 0. The highest BCUT2D eigenvalue weighted by Gasteiger charge is 2.45. The molecule has 0 spiro atoms. The Morgan fingerprint density at radius 1 is 1.19 bits per heavy atom. The number of sulfonamides is 1. The Labute approximate surface area is 188 Å². The van der Waals surface area contributed by atoms with Gasteiger partial charge in [0.2, 0.25) is 10.0 Å². The van der Waals surface area contributed by atoms with Gasteiger partial charge in [0.15, 0.2) is 0 Å². The molecule has 0 radical (unpaired) electrons. The van der Waals surface area contributed by atoms with E-state index < -0.39 is 15.3 Å². The Kier molecular flexibility index (Phi) is 7.30. The monoisotopic (exact) mass is 458 g/mol. The fraction of sp³-hybridized carbons (Fsp3) is 1.00. The van der Waals surface area contributed by atoms with E-state index in [-0.39, 0.29) is 23.9 Å². The number of hydrogen-bond acceptors (Lipinski definition) is 8. The second-order valence-electron chi connectivity index (χ2n) is 10.1. The van der Waals surface area contributed by atoms with Crippen molar-refractivity contribution in [3.8, 4) is 0 Å². The molecule has 9 nitrogen and oxygen atoms in total. The predicted molar refractivity (Wildman–Crippen MR) is 121 cm³/mol. The molecule has 1 saturated carbocycles. The predicted octanol–water partition coefficient (Wildman–Crippen LogP) is 0.223. The van der Waals surface area contributed by atoms with Gasteiger partial charge in [0.25, 0.3) is 0 Å². The molecule has 0 bridgehead atoms. The zero-order valence-corrected chi connectivity index (χ0v) is 20.4. The van der Waals surface area contributed by atoms with Crippen LogP contribution >= 0.6 is 0 Å². The van der Waals surface area contributed by atoms with E-state index in [4.69, 9.17) is 4.74 Å². The minimum Gasteiger partial charge on any atom is -0.378 e. The van der Waals surface area contributed by atoms with Gasteiger partial charge in [-0.25, -0.2) is 23.2 Å². The van der Waals surface area contributed by atoms with Crippen LogP contribution in [-0.4, -0.2) is 87.9 Å². The van der Waals surface area contributed by atoms with Gasteiger partial charge >= 0.3 is 0 Å². The summed E-state index contributed by atoms with van der Waals surface area (Å²) in [5.41, 5.74) is 6.62. The van der Waals surface area contributed by atoms with Gasteiger partial charge in [-0.05, 0) is 57.4 Å². The van der Waals surface area contributed by atoms with Crippen LogP contribution in [0.3, 0.4) is 0 Å². The lowest BCUT2D eigenvalue weighted by Gasteiger charge is -2.43. The van der Waals surface area contributed by atoms with Crippen LogP contribution in [0.1, 0.15) is 52.4 Å². The number of nitrogens with one attached hydrogen (secondary N) is 4. The fourth-order valence-corrected chi connectivity index (χ4v) is 7.70. The van der Waals surface area contributed by atoms with E-state index in [0.29, 0.717) is 24.9 Å². The lowest BCUT2D eigenvalue weighted by atomic mass is 9.79. The Bertz CT molecular complexity index is 716. The molecule has 0 aromatic heterocycles. The minimum absolute atomic E-state index is 0.0121. The Morgan fingerprint density at radius 2 is 2.00 bits per heavy atom. The zero-order chi connectivity index (χ0) is 22.2. The molecule has 180 valence electrons. The Balaban J connectivity index is 1.36. The zero-order valence-electron chi connectivity index (χ0n) is 19.6. The summed E-state index contributed by atoms with van der Waals surface area (Å²) in [6.45, 7) is 7.21. The number of rotatable bonds is 7. The first-order chi connectivity index (χ1) is 14.8. The van der Waals surface area contributed by atoms with Gasteiger partial charge in [-0.3, -0.25) is 10.9 Å². The minimum atomic E-state index is -3.41. The van der Waals surface area contributed by atoms with Crippen LogP contribution in [0.25, 0.3) is 0 Å². The van der Waals surface area contributed by atoms with Crippen molar-refractivity contribution in [2.75, 3.05) is 40.3 Å². The average molecular weight is 459 g/mol. The average Bonchev–Trinajstić information content (AvgIpc) is 3.42. The van der Waals surface area contributed by atoms with Crippen molar-refractivity contribution in [3.63, 3.8) is 0 Å². The van der Waals surface area contributed by atoms with Crippen LogP contribution in [0.2, 0.25) is 0 Å². The van der Waals surface area contributed by atoms with Crippen LogP contribution < -0.4 is 20.9 Å². The van der Waals surface area contributed by atoms with Crippen molar-refractivity contribution < 1.29 is 13.2 Å². The Morgan fingerprint density at radius 3 is 2.74 bits per heavy atom. The van der Waals surface area contributed by atoms with E-state index in [1.54, 1.807) is 7.11 Å². The SMILES string of the molecule is CC[C@](C)(OC)C1CCNC(N2CC(S(=O)(=O)NC3CCCC4CNN(C)C43)CN2)C1. The molecule has 6 unspecified atom stereocenters. The largest absolute Gasteiger partial charge is 0.378 e. The van der Waals surface area contributed by atoms with Gasteiger partial charge < -0.3 is 10.1 Å². The van der Waals surface area contributed by atoms with Gasteiger partial charge in [0, 0.05) is 45.9 Å². The first kappa shape index (κ1) is 23.8.